The highest BCUT2D eigenvalue weighted by Gasteiger charge is 2.25. The van der Waals surface area contributed by atoms with Crippen molar-refractivity contribution >= 4 is 23.3 Å². The van der Waals surface area contributed by atoms with E-state index in [1.165, 1.54) is 24.3 Å². The molecule has 1 aliphatic rings. The maximum atomic E-state index is 12.0. The van der Waals surface area contributed by atoms with Gasteiger partial charge in [-0.05, 0) is 25.0 Å². The first-order valence-electron chi connectivity index (χ1n) is 7.99. The molecule has 0 heterocycles. The molecular weight excluding hydrogens is 314 g/mol. The van der Waals surface area contributed by atoms with Gasteiger partial charge in [0.05, 0.1) is 11.3 Å². The number of non-ortho nitro benzene ring substituents is 1. The Morgan fingerprint density at radius 1 is 1.21 bits per heavy atom. The van der Waals surface area contributed by atoms with E-state index in [1.54, 1.807) is 0 Å². The molecule has 8 nitrogen and oxygen atoms in total. The summed E-state index contributed by atoms with van der Waals surface area (Å²) in [6.07, 6.45) is 4.96. The monoisotopic (exact) mass is 335 g/mol. The van der Waals surface area contributed by atoms with Gasteiger partial charge in [-0.25, -0.2) is 0 Å². The van der Waals surface area contributed by atoms with E-state index in [0.717, 1.165) is 32.1 Å². The van der Waals surface area contributed by atoms with Gasteiger partial charge < -0.3 is 15.7 Å². The van der Waals surface area contributed by atoms with Crippen LogP contribution in [0.25, 0.3) is 0 Å². The molecule has 1 unspecified atom stereocenters. The number of nitro benzene ring substituents is 1. The molecule has 1 aliphatic carbocycles. The molecule has 24 heavy (non-hydrogen) atoms. The van der Waals surface area contributed by atoms with Crippen molar-refractivity contribution < 1.29 is 19.6 Å². The Bertz CT molecular complexity index is 596. The molecule has 1 saturated carbocycles. The summed E-state index contributed by atoms with van der Waals surface area (Å²) in [5.41, 5.74) is 0.322. The molecule has 0 aliphatic heterocycles. The highest BCUT2D eigenvalue weighted by Crippen LogP contribution is 2.19. The zero-order chi connectivity index (χ0) is 17.5. The van der Waals surface area contributed by atoms with E-state index < -0.39 is 22.8 Å². The SMILES string of the molecule is O=C(CC(NC1CCCCC1)C(=O)O)Nc1ccc([N+](=O)[O-])cc1. The summed E-state index contributed by atoms with van der Waals surface area (Å²) in [6, 6.07) is 4.59. The number of amides is 1. The first kappa shape index (κ1) is 17.9. The van der Waals surface area contributed by atoms with Crippen molar-refractivity contribution in [3.8, 4) is 0 Å². The fourth-order valence-corrected chi connectivity index (χ4v) is 2.84. The van der Waals surface area contributed by atoms with Crippen LogP contribution in [0.4, 0.5) is 11.4 Å². The lowest BCUT2D eigenvalue weighted by Crippen LogP contribution is -2.45. The van der Waals surface area contributed by atoms with Crippen molar-refractivity contribution in [2.24, 2.45) is 0 Å². The minimum absolute atomic E-state index is 0.0737. The minimum Gasteiger partial charge on any atom is -0.480 e. The van der Waals surface area contributed by atoms with Crippen LogP contribution in [-0.4, -0.2) is 34.0 Å². The summed E-state index contributed by atoms with van der Waals surface area (Å²) in [5, 5.41) is 25.5. The Labute approximate surface area is 139 Å². The third kappa shape index (κ3) is 5.31. The fraction of sp³-hybridized carbons (Fsp3) is 0.500. The van der Waals surface area contributed by atoms with Gasteiger partial charge in [-0.1, -0.05) is 19.3 Å². The molecule has 3 N–H and O–H groups in total. The molecule has 1 aromatic carbocycles. The lowest BCUT2D eigenvalue weighted by Gasteiger charge is -2.26. The third-order valence-electron chi connectivity index (χ3n) is 4.09. The normalized spacial score (nSPS) is 16.3. The average molecular weight is 335 g/mol. The maximum absolute atomic E-state index is 12.0. The van der Waals surface area contributed by atoms with E-state index in [-0.39, 0.29) is 18.2 Å². The van der Waals surface area contributed by atoms with Gasteiger partial charge in [-0.15, -0.1) is 0 Å². The lowest BCUT2D eigenvalue weighted by molar-refractivity contribution is -0.384. The third-order valence-corrected chi connectivity index (χ3v) is 4.09. The van der Waals surface area contributed by atoms with Gasteiger partial charge in [0.15, 0.2) is 0 Å². The molecule has 1 fully saturated rings. The number of carboxylic acids is 1. The predicted molar refractivity (Wildman–Crippen MR) is 87.8 cm³/mol. The van der Waals surface area contributed by atoms with Crippen molar-refractivity contribution in [3.05, 3.63) is 34.4 Å². The smallest absolute Gasteiger partial charge is 0.321 e. The van der Waals surface area contributed by atoms with Crippen LogP contribution in [0, 0.1) is 10.1 Å². The predicted octanol–water partition coefficient (Wildman–Crippen LogP) is 2.30. The number of carboxylic acid groups (broad SMARTS) is 1. The number of hydrogen-bond donors (Lipinski definition) is 3. The summed E-state index contributed by atoms with van der Waals surface area (Å²) in [5.74, 6) is -1.50. The van der Waals surface area contributed by atoms with Crippen molar-refractivity contribution in [2.75, 3.05) is 5.32 Å². The molecule has 8 heteroatoms. The fourth-order valence-electron chi connectivity index (χ4n) is 2.84. The van der Waals surface area contributed by atoms with E-state index in [4.69, 9.17) is 0 Å². The molecule has 0 spiro atoms. The number of aliphatic carboxylic acids is 1. The number of hydrogen-bond acceptors (Lipinski definition) is 5. The Hall–Kier alpha value is -2.48. The van der Waals surface area contributed by atoms with Crippen LogP contribution >= 0.6 is 0 Å². The van der Waals surface area contributed by atoms with Gasteiger partial charge in [0.1, 0.15) is 6.04 Å². The Morgan fingerprint density at radius 2 is 1.83 bits per heavy atom. The average Bonchev–Trinajstić information content (AvgIpc) is 2.55. The van der Waals surface area contributed by atoms with Crippen molar-refractivity contribution in [3.63, 3.8) is 0 Å². The molecule has 1 atom stereocenters. The van der Waals surface area contributed by atoms with Crippen LogP contribution in [-0.2, 0) is 9.59 Å². The highest BCUT2D eigenvalue weighted by atomic mass is 16.6. The topological polar surface area (TPSA) is 122 Å². The first-order chi connectivity index (χ1) is 11.5. The van der Waals surface area contributed by atoms with Crippen LogP contribution < -0.4 is 10.6 Å². The Kier molecular flexibility index (Phi) is 6.25. The van der Waals surface area contributed by atoms with E-state index in [9.17, 15) is 24.8 Å². The van der Waals surface area contributed by atoms with Crippen LogP contribution in [0.5, 0.6) is 0 Å². The zero-order valence-electron chi connectivity index (χ0n) is 13.2. The molecule has 0 aromatic heterocycles. The van der Waals surface area contributed by atoms with Gasteiger partial charge >= 0.3 is 5.97 Å². The summed E-state index contributed by atoms with van der Waals surface area (Å²) >= 11 is 0. The maximum Gasteiger partial charge on any atom is 0.321 e. The zero-order valence-corrected chi connectivity index (χ0v) is 13.2. The Morgan fingerprint density at radius 3 is 2.38 bits per heavy atom. The standard InChI is InChI=1S/C16H21N3O5/c20-15(18-12-6-8-13(9-7-12)19(23)24)10-14(16(21)22)17-11-4-2-1-3-5-11/h6-9,11,14,17H,1-5,10H2,(H,18,20)(H,21,22). The van der Waals surface area contributed by atoms with Crippen molar-refractivity contribution in [1.82, 2.24) is 5.32 Å². The van der Waals surface area contributed by atoms with Crippen molar-refractivity contribution in [2.45, 2.75) is 50.6 Å². The second-order valence-corrected chi connectivity index (χ2v) is 5.95. The number of anilines is 1. The minimum atomic E-state index is -1.06. The number of benzene rings is 1. The number of nitro groups is 1. The van der Waals surface area contributed by atoms with Crippen molar-refractivity contribution in [1.29, 1.82) is 0 Å². The van der Waals surface area contributed by atoms with Gasteiger partial charge in [-0.3, -0.25) is 19.7 Å². The number of carbonyl (C=O) groups is 2. The largest absolute Gasteiger partial charge is 0.480 e. The van der Waals surface area contributed by atoms with E-state index in [1.807, 2.05) is 0 Å². The quantitative estimate of drug-likeness (QED) is 0.519. The highest BCUT2D eigenvalue weighted by molar-refractivity contribution is 5.94. The molecule has 2 rings (SSSR count). The molecule has 0 bridgehead atoms. The van der Waals surface area contributed by atoms with E-state index in [0.29, 0.717) is 5.69 Å². The van der Waals surface area contributed by atoms with E-state index in [2.05, 4.69) is 10.6 Å². The summed E-state index contributed by atoms with van der Waals surface area (Å²) in [4.78, 5) is 33.5. The molecule has 0 saturated heterocycles. The van der Waals surface area contributed by atoms with Gasteiger partial charge in [-0.2, -0.15) is 0 Å². The van der Waals surface area contributed by atoms with Crippen LogP contribution in [0.2, 0.25) is 0 Å². The molecule has 1 amide bonds. The van der Waals surface area contributed by atoms with Crippen LogP contribution in [0.1, 0.15) is 38.5 Å². The molecular formula is C16H21N3O5. The van der Waals surface area contributed by atoms with Crippen LogP contribution in [0.15, 0.2) is 24.3 Å². The summed E-state index contributed by atoms with van der Waals surface area (Å²) in [7, 11) is 0. The summed E-state index contributed by atoms with van der Waals surface area (Å²) in [6.45, 7) is 0. The van der Waals surface area contributed by atoms with Gasteiger partial charge in [0.25, 0.3) is 5.69 Å². The van der Waals surface area contributed by atoms with E-state index >= 15 is 0 Å². The second-order valence-electron chi connectivity index (χ2n) is 5.95. The van der Waals surface area contributed by atoms with Gasteiger partial charge in [0, 0.05) is 23.9 Å². The summed E-state index contributed by atoms with van der Waals surface area (Å²) < 4.78 is 0. The molecule has 0 radical (unpaired) electrons. The Balaban J connectivity index is 1.89. The second kappa shape index (κ2) is 8.39. The molecule has 1 aromatic rings. The number of nitrogens with zero attached hydrogens (tertiary/aromatic N) is 1. The lowest BCUT2D eigenvalue weighted by atomic mass is 9.94. The first-order valence-corrected chi connectivity index (χ1v) is 7.99. The van der Waals surface area contributed by atoms with Crippen LogP contribution in [0.3, 0.4) is 0 Å². The molecule has 130 valence electrons. The number of carbonyl (C=O) groups excluding carboxylic acids is 1. The van der Waals surface area contributed by atoms with Gasteiger partial charge in [0.2, 0.25) is 5.91 Å². The number of nitrogens with one attached hydrogen (secondary N) is 2. The number of rotatable bonds is 7.